The first-order valence-corrected chi connectivity index (χ1v) is 14.5. The Bertz CT molecular complexity index is 979. The highest BCUT2D eigenvalue weighted by Crippen LogP contribution is 2.21. The van der Waals surface area contributed by atoms with Crippen LogP contribution in [0, 0.1) is 11.8 Å². The highest BCUT2D eigenvalue weighted by molar-refractivity contribution is 7.91. The number of nitrogens with one attached hydrogen (secondary N) is 2. The van der Waals surface area contributed by atoms with Crippen LogP contribution in [-0.4, -0.2) is 45.3 Å². The van der Waals surface area contributed by atoms with E-state index in [9.17, 15) is 18.0 Å². The summed E-state index contributed by atoms with van der Waals surface area (Å²) >= 11 is 0. The fourth-order valence-electron chi connectivity index (χ4n) is 3.56. The first kappa shape index (κ1) is 30.2. The second-order valence-corrected chi connectivity index (χ2v) is 12.2. The van der Waals surface area contributed by atoms with E-state index in [0.29, 0.717) is 0 Å². The lowest BCUT2D eigenvalue weighted by molar-refractivity contribution is 0.128. The Morgan fingerprint density at radius 2 is 1.03 bits per heavy atom. The van der Waals surface area contributed by atoms with Crippen molar-refractivity contribution >= 4 is 22.0 Å². The fourth-order valence-corrected chi connectivity index (χ4v) is 4.96. The molecule has 204 valence electrons. The van der Waals surface area contributed by atoms with E-state index in [1.165, 1.54) is 0 Å². The van der Waals surface area contributed by atoms with Gasteiger partial charge in [-0.25, -0.2) is 18.0 Å². The van der Waals surface area contributed by atoms with E-state index in [1.54, 1.807) is 0 Å². The van der Waals surface area contributed by atoms with Gasteiger partial charge in [-0.2, -0.15) is 0 Å². The first-order valence-electron chi connectivity index (χ1n) is 12.7. The Morgan fingerprint density at radius 1 is 0.676 bits per heavy atom. The Hall–Kier alpha value is -3.07. The second-order valence-electron chi connectivity index (χ2n) is 9.93. The third-order valence-electron chi connectivity index (χ3n) is 5.52. The number of carbonyl (C=O) groups is 2. The summed E-state index contributed by atoms with van der Waals surface area (Å²) in [5, 5.41) is 5.60. The summed E-state index contributed by atoms with van der Waals surface area (Å²) in [6.45, 7) is 8.32. The summed E-state index contributed by atoms with van der Waals surface area (Å²) in [5.41, 5.74) is 1.60. The smallest absolute Gasteiger partial charge is 0.407 e. The molecule has 2 N–H and O–H groups in total. The average molecular weight is 533 g/mol. The van der Waals surface area contributed by atoms with Crippen LogP contribution in [0.15, 0.2) is 60.7 Å². The van der Waals surface area contributed by atoms with Crippen LogP contribution in [0.5, 0.6) is 0 Å². The lowest BCUT2D eigenvalue weighted by Crippen LogP contribution is -2.33. The lowest BCUT2D eigenvalue weighted by Gasteiger charge is -2.21. The monoisotopic (exact) mass is 532 g/mol. The maximum Gasteiger partial charge on any atom is 0.407 e. The molecule has 37 heavy (non-hydrogen) atoms. The third kappa shape index (κ3) is 12.1. The maximum absolute atomic E-state index is 13.0. The average Bonchev–Trinajstić information content (AvgIpc) is 2.87. The number of sulfone groups is 1. The standard InChI is InChI=1S/C28H40N2O6S/c1-21(2)19-35-27(31)29-25(23-11-7-5-8-12-23)15-17-37(33,34)18-16-26(24-13-9-6-10-14-24)30-28(32)36-20-22(3)4/h5-14,21-22,25-26H,15-20H2,1-4H3,(H,29,31)(H,30,32). The molecule has 2 aromatic rings. The van der Waals surface area contributed by atoms with Crippen molar-refractivity contribution in [3.8, 4) is 0 Å². The van der Waals surface area contributed by atoms with Crippen LogP contribution in [0.25, 0.3) is 0 Å². The molecule has 0 saturated heterocycles. The molecule has 2 aromatic carbocycles. The molecule has 0 aliphatic carbocycles. The molecule has 0 heterocycles. The molecule has 0 aliphatic rings. The number of rotatable bonds is 14. The summed E-state index contributed by atoms with van der Waals surface area (Å²) in [5.74, 6) is 0.123. The van der Waals surface area contributed by atoms with Gasteiger partial charge in [0.15, 0.2) is 9.84 Å². The van der Waals surface area contributed by atoms with Gasteiger partial charge < -0.3 is 20.1 Å². The van der Waals surface area contributed by atoms with Crippen LogP contribution in [-0.2, 0) is 19.3 Å². The Morgan fingerprint density at radius 3 is 1.35 bits per heavy atom. The van der Waals surface area contributed by atoms with Crippen molar-refractivity contribution in [2.75, 3.05) is 24.7 Å². The third-order valence-corrected chi connectivity index (χ3v) is 7.23. The molecule has 8 nitrogen and oxygen atoms in total. The topological polar surface area (TPSA) is 111 Å². The predicted molar refractivity (Wildman–Crippen MR) is 145 cm³/mol. The Labute approximate surface area is 221 Å². The summed E-state index contributed by atoms with van der Waals surface area (Å²) < 4.78 is 36.5. The van der Waals surface area contributed by atoms with Crippen molar-refractivity contribution in [3.63, 3.8) is 0 Å². The van der Waals surface area contributed by atoms with Gasteiger partial charge in [-0.05, 0) is 35.8 Å². The molecule has 2 unspecified atom stereocenters. The molecule has 9 heteroatoms. The second kappa shape index (κ2) is 15.2. The van der Waals surface area contributed by atoms with E-state index in [-0.39, 0.29) is 49.4 Å². The van der Waals surface area contributed by atoms with Crippen molar-refractivity contribution < 1.29 is 27.5 Å². The van der Waals surface area contributed by atoms with Crippen LogP contribution in [0.2, 0.25) is 0 Å². The SMILES string of the molecule is CC(C)COC(=O)NC(CCS(=O)(=O)CCC(NC(=O)OCC(C)C)c1ccccc1)c1ccccc1. The van der Waals surface area contributed by atoms with Gasteiger partial charge in [-0.3, -0.25) is 0 Å². The zero-order valence-corrected chi connectivity index (χ0v) is 23.0. The molecule has 0 fully saturated rings. The van der Waals surface area contributed by atoms with Gasteiger partial charge in [0.1, 0.15) is 0 Å². The normalized spacial score (nSPS) is 13.1. The van der Waals surface area contributed by atoms with Crippen molar-refractivity contribution in [2.24, 2.45) is 11.8 Å². The summed E-state index contributed by atoms with van der Waals surface area (Å²) in [6.07, 6.45) is -0.757. The molecule has 2 rings (SSSR count). The van der Waals surface area contributed by atoms with Crippen molar-refractivity contribution in [2.45, 2.75) is 52.6 Å². The van der Waals surface area contributed by atoms with E-state index in [1.807, 2.05) is 88.4 Å². The first-order chi connectivity index (χ1) is 17.6. The van der Waals surface area contributed by atoms with Crippen molar-refractivity contribution in [1.29, 1.82) is 0 Å². The van der Waals surface area contributed by atoms with Gasteiger partial charge in [-0.15, -0.1) is 0 Å². The quantitative estimate of drug-likeness (QED) is 0.336. The number of hydrogen-bond acceptors (Lipinski definition) is 6. The molecular weight excluding hydrogens is 492 g/mol. The van der Waals surface area contributed by atoms with Crippen molar-refractivity contribution in [1.82, 2.24) is 10.6 Å². The van der Waals surface area contributed by atoms with Gasteiger partial charge in [-0.1, -0.05) is 88.4 Å². The number of ether oxygens (including phenoxy) is 2. The van der Waals surface area contributed by atoms with Crippen LogP contribution in [0.4, 0.5) is 9.59 Å². The van der Waals surface area contributed by atoms with E-state index in [2.05, 4.69) is 10.6 Å². The number of alkyl carbamates (subject to hydrolysis) is 2. The molecule has 0 radical (unpaired) electrons. The van der Waals surface area contributed by atoms with Gasteiger partial charge in [0.25, 0.3) is 0 Å². The van der Waals surface area contributed by atoms with Gasteiger partial charge in [0, 0.05) is 0 Å². The minimum absolute atomic E-state index is 0.129. The van der Waals surface area contributed by atoms with Gasteiger partial charge in [0.2, 0.25) is 0 Å². The minimum atomic E-state index is -3.49. The molecule has 0 bridgehead atoms. The molecule has 0 aromatic heterocycles. The maximum atomic E-state index is 13.0. The van der Waals surface area contributed by atoms with Crippen LogP contribution < -0.4 is 10.6 Å². The van der Waals surface area contributed by atoms with E-state index >= 15 is 0 Å². The minimum Gasteiger partial charge on any atom is -0.449 e. The lowest BCUT2D eigenvalue weighted by atomic mass is 10.1. The molecule has 0 spiro atoms. The Balaban J connectivity index is 2.03. The fraction of sp³-hybridized carbons (Fsp3) is 0.500. The molecule has 2 amide bonds. The highest BCUT2D eigenvalue weighted by Gasteiger charge is 2.23. The van der Waals surface area contributed by atoms with Gasteiger partial charge >= 0.3 is 12.2 Å². The van der Waals surface area contributed by atoms with Crippen LogP contribution >= 0.6 is 0 Å². The molecule has 2 atom stereocenters. The predicted octanol–water partition coefficient (Wildman–Crippen LogP) is 5.43. The zero-order chi connectivity index (χ0) is 27.3. The van der Waals surface area contributed by atoms with E-state index < -0.39 is 34.1 Å². The Kier molecular flexibility index (Phi) is 12.4. The number of amides is 2. The van der Waals surface area contributed by atoms with Crippen molar-refractivity contribution in [3.05, 3.63) is 71.8 Å². The molecule has 0 saturated carbocycles. The summed E-state index contributed by atoms with van der Waals surface area (Å²) in [4.78, 5) is 24.6. The van der Waals surface area contributed by atoms with E-state index in [0.717, 1.165) is 11.1 Å². The van der Waals surface area contributed by atoms with Crippen LogP contribution in [0.1, 0.15) is 63.7 Å². The highest BCUT2D eigenvalue weighted by atomic mass is 32.2. The van der Waals surface area contributed by atoms with Gasteiger partial charge in [0.05, 0.1) is 36.8 Å². The molecule has 0 aliphatic heterocycles. The largest absolute Gasteiger partial charge is 0.449 e. The summed E-state index contributed by atoms with van der Waals surface area (Å²) in [7, 11) is -3.49. The number of hydrogen-bond donors (Lipinski definition) is 2. The zero-order valence-electron chi connectivity index (χ0n) is 22.2. The van der Waals surface area contributed by atoms with E-state index in [4.69, 9.17) is 9.47 Å². The number of carbonyl (C=O) groups excluding carboxylic acids is 2. The summed E-state index contributed by atoms with van der Waals surface area (Å²) in [6, 6.07) is 17.4. The number of benzene rings is 2. The molecular formula is C28H40N2O6S. The van der Waals surface area contributed by atoms with Crippen LogP contribution in [0.3, 0.4) is 0 Å².